The Morgan fingerprint density at radius 1 is 1.18 bits per heavy atom. The van der Waals surface area contributed by atoms with Crippen LogP contribution in [0.1, 0.15) is 18.1 Å². The lowest BCUT2D eigenvalue weighted by atomic mass is 10.1. The third kappa shape index (κ3) is 4.54. The molecule has 1 unspecified atom stereocenters. The van der Waals surface area contributed by atoms with Gasteiger partial charge in [-0.25, -0.2) is 4.79 Å². The average Bonchev–Trinajstić information content (AvgIpc) is 2.37. The van der Waals surface area contributed by atoms with E-state index in [1.54, 1.807) is 7.11 Å². The molecule has 0 aromatic heterocycles. The maximum absolute atomic E-state index is 11.7. The molecule has 1 atom stereocenters. The van der Waals surface area contributed by atoms with Crippen molar-refractivity contribution in [2.24, 2.45) is 0 Å². The van der Waals surface area contributed by atoms with Crippen LogP contribution >= 0.6 is 0 Å². The summed E-state index contributed by atoms with van der Waals surface area (Å²) in [7, 11) is 3.11. The number of benzene rings is 1. The standard InChI is InChI=1S/C13H18O4/c1-15-9-6-10-17-13(14)12(16-2)11-7-4-3-5-8-11/h3-5,7-8,12H,6,9-10H2,1-2H3. The van der Waals surface area contributed by atoms with Gasteiger partial charge in [-0.2, -0.15) is 0 Å². The SMILES string of the molecule is COCCCOC(=O)C(OC)c1ccccc1. The summed E-state index contributed by atoms with van der Waals surface area (Å²) in [6.45, 7) is 0.926. The Bertz CT molecular complexity index is 323. The number of rotatable bonds is 7. The van der Waals surface area contributed by atoms with Crippen LogP contribution in [0.15, 0.2) is 30.3 Å². The van der Waals surface area contributed by atoms with Crippen LogP contribution in [0.3, 0.4) is 0 Å². The van der Waals surface area contributed by atoms with Gasteiger partial charge in [0, 0.05) is 27.2 Å². The van der Waals surface area contributed by atoms with Gasteiger partial charge in [-0.05, 0) is 5.56 Å². The van der Waals surface area contributed by atoms with Gasteiger partial charge in [0.15, 0.2) is 6.10 Å². The quantitative estimate of drug-likeness (QED) is 0.538. The molecule has 1 rings (SSSR count). The van der Waals surface area contributed by atoms with Gasteiger partial charge in [-0.1, -0.05) is 30.3 Å². The summed E-state index contributed by atoms with van der Waals surface area (Å²) in [5.41, 5.74) is 0.798. The maximum atomic E-state index is 11.7. The molecule has 0 saturated carbocycles. The molecule has 0 N–H and O–H groups in total. The Morgan fingerprint density at radius 2 is 1.88 bits per heavy atom. The van der Waals surface area contributed by atoms with Crippen LogP contribution in [-0.4, -0.2) is 33.4 Å². The van der Waals surface area contributed by atoms with Gasteiger partial charge < -0.3 is 14.2 Å². The fourth-order valence-corrected chi connectivity index (χ4v) is 1.45. The summed E-state index contributed by atoms with van der Waals surface area (Å²) in [6, 6.07) is 9.29. The van der Waals surface area contributed by atoms with Crippen LogP contribution in [0.4, 0.5) is 0 Å². The summed E-state index contributed by atoms with van der Waals surface area (Å²) in [5.74, 6) is -0.366. The lowest BCUT2D eigenvalue weighted by Crippen LogP contribution is -2.18. The highest BCUT2D eigenvalue weighted by molar-refractivity contribution is 5.76. The second-order valence-corrected chi connectivity index (χ2v) is 3.54. The second-order valence-electron chi connectivity index (χ2n) is 3.54. The van der Waals surface area contributed by atoms with E-state index in [0.29, 0.717) is 19.6 Å². The van der Waals surface area contributed by atoms with Crippen LogP contribution in [0.2, 0.25) is 0 Å². The molecular weight excluding hydrogens is 220 g/mol. The van der Waals surface area contributed by atoms with Gasteiger partial charge in [-0.3, -0.25) is 0 Å². The lowest BCUT2D eigenvalue weighted by Gasteiger charge is -2.14. The molecule has 0 aliphatic heterocycles. The highest BCUT2D eigenvalue weighted by Crippen LogP contribution is 2.17. The number of esters is 1. The molecule has 1 aromatic carbocycles. The van der Waals surface area contributed by atoms with Crippen molar-refractivity contribution in [2.75, 3.05) is 27.4 Å². The van der Waals surface area contributed by atoms with Gasteiger partial charge in [0.2, 0.25) is 0 Å². The molecule has 0 saturated heterocycles. The molecule has 0 aliphatic carbocycles. The Balaban J connectivity index is 2.48. The van der Waals surface area contributed by atoms with Crippen molar-refractivity contribution in [3.05, 3.63) is 35.9 Å². The number of hydrogen-bond donors (Lipinski definition) is 0. The molecule has 0 aliphatic rings. The Hall–Kier alpha value is -1.39. The van der Waals surface area contributed by atoms with Crippen molar-refractivity contribution in [1.82, 2.24) is 0 Å². The monoisotopic (exact) mass is 238 g/mol. The van der Waals surface area contributed by atoms with Crippen molar-refractivity contribution in [2.45, 2.75) is 12.5 Å². The number of carbonyl (C=O) groups is 1. The topological polar surface area (TPSA) is 44.8 Å². The fraction of sp³-hybridized carbons (Fsp3) is 0.462. The normalized spacial score (nSPS) is 12.1. The molecule has 0 spiro atoms. The van der Waals surface area contributed by atoms with Gasteiger partial charge >= 0.3 is 5.97 Å². The van der Waals surface area contributed by atoms with Crippen LogP contribution in [0, 0.1) is 0 Å². The molecule has 1 aromatic rings. The van der Waals surface area contributed by atoms with Crippen molar-refractivity contribution in [3.63, 3.8) is 0 Å². The molecule has 0 heterocycles. The molecule has 0 fully saturated rings. The van der Waals surface area contributed by atoms with Gasteiger partial charge in [-0.15, -0.1) is 0 Å². The van der Waals surface area contributed by atoms with E-state index in [4.69, 9.17) is 14.2 Å². The molecule has 94 valence electrons. The largest absolute Gasteiger partial charge is 0.463 e. The number of carbonyl (C=O) groups excluding carboxylic acids is 1. The summed E-state index contributed by atoms with van der Waals surface area (Å²) < 4.78 is 15.1. The highest BCUT2D eigenvalue weighted by Gasteiger charge is 2.20. The molecule has 4 nitrogen and oxygen atoms in total. The Morgan fingerprint density at radius 3 is 2.47 bits per heavy atom. The molecule has 4 heteroatoms. The smallest absolute Gasteiger partial charge is 0.339 e. The zero-order valence-corrected chi connectivity index (χ0v) is 10.2. The summed E-state index contributed by atoms with van der Waals surface area (Å²) in [5, 5.41) is 0. The predicted molar refractivity (Wildman–Crippen MR) is 63.6 cm³/mol. The molecular formula is C13H18O4. The second kappa shape index (κ2) is 7.81. The van der Waals surface area contributed by atoms with E-state index in [9.17, 15) is 4.79 Å². The van der Waals surface area contributed by atoms with Crippen molar-refractivity contribution in [3.8, 4) is 0 Å². The molecule has 0 amide bonds. The molecule has 0 radical (unpaired) electrons. The summed E-state index contributed by atoms with van der Waals surface area (Å²) in [6.07, 6.45) is 0.0340. The summed E-state index contributed by atoms with van der Waals surface area (Å²) >= 11 is 0. The van der Waals surface area contributed by atoms with E-state index < -0.39 is 6.10 Å². The highest BCUT2D eigenvalue weighted by atomic mass is 16.6. The zero-order chi connectivity index (χ0) is 12.5. The summed E-state index contributed by atoms with van der Waals surface area (Å²) in [4.78, 5) is 11.7. The maximum Gasteiger partial charge on any atom is 0.339 e. The third-order valence-electron chi connectivity index (χ3n) is 2.29. The van der Waals surface area contributed by atoms with E-state index in [2.05, 4.69) is 0 Å². The minimum absolute atomic E-state index is 0.347. The van der Waals surface area contributed by atoms with Crippen LogP contribution in [0.5, 0.6) is 0 Å². The van der Waals surface area contributed by atoms with Crippen LogP contribution < -0.4 is 0 Å². The number of methoxy groups -OCH3 is 2. The third-order valence-corrected chi connectivity index (χ3v) is 2.29. The van der Waals surface area contributed by atoms with E-state index >= 15 is 0 Å². The molecule has 0 bridgehead atoms. The van der Waals surface area contributed by atoms with Crippen LogP contribution in [0.25, 0.3) is 0 Å². The minimum atomic E-state index is -0.654. The number of ether oxygens (including phenoxy) is 3. The van der Waals surface area contributed by atoms with E-state index in [1.807, 2.05) is 30.3 Å². The first-order chi connectivity index (χ1) is 8.29. The van der Waals surface area contributed by atoms with Crippen LogP contribution in [-0.2, 0) is 19.0 Å². The van der Waals surface area contributed by atoms with Gasteiger partial charge in [0.1, 0.15) is 0 Å². The van der Waals surface area contributed by atoms with Gasteiger partial charge in [0.05, 0.1) is 6.61 Å². The number of hydrogen-bond acceptors (Lipinski definition) is 4. The van der Waals surface area contributed by atoms with Crippen molar-refractivity contribution in [1.29, 1.82) is 0 Å². The van der Waals surface area contributed by atoms with Crippen molar-refractivity contribution < 1.29 is 19.0 Å². The van der Waals surface area contributed by atoms with Crippen molar-refractivity contribution >= 4 is 5.97 Å². The minimum Gasteiger partial charge on any atom is -0.463 e. The lowest BCUT2D eigenvalue weighted by molar-refractivity contribution is -0.156. The Kier molecular flexibility index (Phi) is 6.29. The van der Waals surface area contributed by atoms with E-state index in [0.717, 1.165) is 5.56 Å². The fourth-order valence-electron chi connectivity index (χ4n) is 1.45. The Labute approximate surface area is 101 Å². The predicted octanol–water partition coefficient (Wildman–Crippen LogP) is 1.95. The van der Waals surface area contributed by atoms with E-state index in [-0.39, 0.29) is 5.97 Å². The van der Waals surface area contributed by atoms with E-state index in [1.165, 1.54) is 7.11 Å². The average molecular weight is 238 g/mol. The first kappa shape index (κ1) is 13.7. The zero-order valence-electron chi connectivity index (χ0n) is 10.2. The van der Waals surface area contributed by atoms with Gasteiger partial charge in [0.25, 0.3) is 0 Å². The first-order valence-electron chi connectivity index (χ1n) is 5.53. The first-order valence-corrected chi connectivity index (χ1v) is 5.53. The molecule has 17 heavy (non-hydrogen) atoms.